The Kier molecular flexibility index (Phi) is 5.83. The van der Waals surface area contributed by atoms with Gasteiger partial charge in [-0.25, -0.2) is 0 Å². The van der Waals surface area contributed by atoms with Crippen molar-refractivity contribution in [2.24, 2.45) is 0 Å². The van der Waals surface area contributed by atoms with Crippen molar-refractivity contribution in [3.05, 3.63) is 63.0 Å². The Balaban J connectivity index is 1.76. The van der Waals surface area contributed by atoms with Crippen molar-refractivity contribution in [1.29, 1.82) is 0 Å². The predicted octanol–water partition coefficient (Wildman–Crippen LogP) is 3.71. The van der Waals surface area contributed by atoms with Gasteiger partial charge in [-0.15, -0.1) is 0 Å². The van der Waals surface area contributed by atoms with E-state index in [1.54, 1.807) is 42.5 Å². The Morgan fingerprint density at radius 3 is 2.63 bits per heavy atom. The molecular formula is C18H13BrN2O4S2. The Morgan fingerprint density at radius 1 is 1.30 bits per heavy atom. The second-order valence-electron chi connectivity index (χ2n) is 5.40. The lowest BCUT2D eigenvalue weighted by molar-refractivity contribution is -0.123. The number of benzene rings is 2. The van der Waals surface area contributed by atoms with Gasteiger partial charge in [0, 0.05) is 5.56 Å². The maximum absolute atomic E-state index is 12.6. The van der Waals surface area contributed by atoms with Crippen LogP contribution >= 0.6 is 39.9 Å². The summed E-state index contributed by atoms with van der Waals surface area (Å²) in [5.74, 6) is -0.148. The fourth-order valence-corrected chi connectivity index (χ4v) is 3.81. The van der Waals surface area contributed by atoms with Crippen LogP contribution in [0.5, 0.6) is 11.5 Å². The number of thioether (sulfide) groups is 1. The first-order valence-electron chi connectivity index (χ1n) is 7.60. The van der Waals surface area contributed by atoms with Gasteiger partial charge in [0.15, 0.2) is 4.32 Å². The molecule has 27 heavy (non-hydrogen) atoms. The first-order chi connectivity index (χ1) is 12.9. The molecule has 0 radical (unpaired) electrons. The summed E-state index contributed by atoms with van der Waals surface area (Å²) in [6.07, 6.45) is 1.64. The molecule has 0 aliphatic carbocycles. The summed E-state index contributed by atoms with van der Waals surface area (Å²) in [5.41, 5.74) is 3.60. The number of ether oxygens (including phenoxy) is 1. The van der Waals surface area contributed by atoms with Crippen LogP contribution in [-0.2, 0) is 4.79 Å². The number of thiocarbonyl (C=S) groups is 1. The standard InChI is InChI=1S/C18H13BrN2O4S2/c1-25-12-5-3-11(4-6-12)16(23)20-21-17(24)15(27-18(21)26)9-10-2-7-14(22)13(19)8-10/h2-9,22H,1H3,(H,20,23)/b15-9+. The van der Waals surface area contributed by atoms with Gasteiger partial charge >= 0.3 is 0 Å². The van der Waals surface area contributed by atoms with Crippen LogP contribution in [0.3, 0.4) is 0 Å². The van der Waals surface area contributed by atoms with E-state index < -0.39 is 11.8 Å². The Morgan fingerprint density at radius 2 is 2.00 bits per heavy atom. The van der Waals surface area contributed by atoms with Crippen molar-refractivity contribution >= 4 is 62.1 Å². The molecule has 0 aromatic heterocycles. The summed E-state index contributed by atoms with van der Waals surface area (Å²) in [7, 11) is 1.54. The predicted molar refractivity (Wildman–Crippen MR) is 111 cm³/mol. The van der Waals surface area contributed by atoms with Crippen molar-refractivity contribution in [2.75, 3.05) is 7.11 Å². The Labute approximate surface area is 173 Å². The Hall–Kier alpha value is -2.36. The van der Waals surface area contributed by atoms with E-state index in [0.29, 0.717) is 26.3 Å². The van der Waals surface area contributed by atoms with Gasteiger partial charge < -0.3 is 9.84 Å². The highest BCUT2D eigenvalue weighted by molar-refractivity contribution is 9.10. The summed E-state index contributed by atoms with van der Waals surface area (Å²) in [6.45, 7) is 0. The van der Waals surface area contributed by atoms with Gasteiger partial charge in [0.2, 0.25) is 0 Å². The summed E-state index contributed by atoms with van der Waals surface area (Å²) < 4.78 is 5.80. The van der Waals surface area contributed by atoms with Gasteiger partial charge in [-0.1, -0.05) is 17.8 Å². The molecule has 0 bridgehead atoms. The fourth-order valence-electron chi connectivity index (χ4n) is 2.24. The third kappa shape index (κ3) is 4.32. The topological polar surface area (TPSA) is 78.9 Å². The number of aromatic hydroxyl groups is 1. The van der Waals surface area contributed by atoms with Crippen molar-refractivity contribution in [1.82, 2.24) is 10.4 Å². The van der Waals surface area contributed by atoms with Crippen LogP contribution in [0.25, 0.3) is 6.08 Å². The van der Waals surface area contributed by atoms with Gasteiger partial charge in [-0.2, -0.15) is 5.01 Å². The van der Waals surface area contributed by atoms with E-state index in [-0.39, 0.29) is 10.1 Å². The minimum atomic E-state index is -0.456. The zero-order valence-corrected chi connectivity index (χ0v) is 17.2. The number of phenols is 1. The molecule has 2 aromatic rings. The molecule has 9 heteroatoms. The zero-order valence-electron chi connectivity index (χ0n) is 13.9. The third-order valence-corrected chi connectivity index (χ3v) is 5.57. The van der Waals surface area contributed by atoms with Gasteiger partial charge in [-0.05, 0) is 76.2 Å². The van der Waals surface area contributed by atoms with Gasteiger partial charge in [0.05, 0.1) is 16.5 Å². The van der Waals surface area contributed by atoms with E-state index in [2.05, 4.69) is 21.4 Å². The molecule has 1 saturated heterocycles. The number of carbonyl (C=O) groups excluding carboxylic acids is 2. The second kappa shape index (κ2) is 8.12. The largest absolute Gasteiger partial charge is 0.507 e. The molecule has 1 heterocycles. The van der Waals surface area contributed by atoms with Crippen LogP contribution in [0.1, 0.15) is 15.9 Å². The van der Waals surface area contributed by atoms with E-state index in [1.165, 1.54) is 13.2 Å². The average molecular weight is 465 g/mol. The highest BCUT2D eigenvalue weighted by Gasteiger charge is 2.33. The van der Waals surface area contributed by atoms with Crippen LogP contribution in [0.2, 0.25) is 0 Å². The van der Waals surface area contributed by atoms with E-state index >= 15 is 0 Å². The summed E-state index contributed by atoms with van der Waals surface area (Å²) >= 11 is 9.52. The lowest BCUT2D eigenvalue weighted by Crippen LogP contribution is -2.44. The molecule has 0 atom stereocenters. The molecule has 3 rings (SSSR count). The molecule has 0 unspecified atom stereocenters. The van der Waals surface area contributed by atoms with Crippen LogP contribution < -0.4 is 10.2 Å². The maximum atomic E-state index is 12.6. The van der Waals surface area contributed by atoms with Gasteiger partial charge in [-0.3, -0.25) is 15.0 Å². The molecule has 1 fully saturated rings. The number of hydrogen-bond acceptors (Lipinski definition) is 6. The highest BCUT2D eigenvalue weighted by atomic mass is 79.9. The number of methoxy groups -OCH3 is 1. The number of carbonyl (C=O) groups is 2. The number of halogens is 1. The summed E-state index contributed by atoms with van der Waals surface area (Å²) in [5, 5.41) is 10.6. The van der Waals surface area contributed by atoms with Gasteiger partial charge in [0.25, 0.3) is 11.8 Å². The van der Waals surface area contributed by atoms with Crippen LogP contribution in [-0.4, -0.2) is 33.4 Å². The number of rotatable bonds is 4. The first-order valence-corrected chi connectivity index (χ1v) is 9.62. The lowest BCUT2D eigenvalue weighted by Gasteiger charge is -2.15. The molecule has 0 spiro atoms. The number of nitrogens with one attached hydrogen (secondary N) is 1. The SMILES string of the molecule is COc1ccc(C(=O)NN2C(=O)/C(=C\c3ccc(O)c(Br)c3)SC2=S)cc1. The van der Waals surface area contributed by atoms with Crippen molar-refractivity contribution in [3.63, 3.8) is 0 Å². The summed E-state index contributed by atoms with van der Waals surface area (Å²) in [6, 6.07) is 11.4. The third-order valence-electron chi connectivity index (χ3n) is 3.63. The number of nitrogens with zero attached hydrogens (tertiary/aromatic N) is 1. The molecule has 0 saturated carbocycles. The van der Waals surface area contributed by atoms with E-state index in [0.717, 1.165) is 16.8 Å². The molecule has 138 valence electrons. The molecule has 1 aliphatic heterocycles. The molecular weight excluding hydrogens is 452 g/mol. The first kappa shape index (κ1) is 19.4. The molecule has 1 aliphatic rings. The van der Waals surface area contributed by atoms with Crippen molar-refractivity contribution in [3.8, 4) is 11.5 Å². The van der Waals surface area contributed by atoms with Crippen LogP contribution in [0, 0.1) is 0 Å². The van der Waals surface area contributed by atoms with Crippen LogP contribution in [0.4, 0.5) is 0 Å². The highest BCUT2D eigenvalue weighted by Crippen LogP contribution is 2.33. The monoisotopic (exact) mass is 464 g/mol. The number of hydrazine groups is 1. The quantitative estimate of drug-likeness (QED) is 0.530. The van der Waals surface area contributed by atoms with Crippen molar-refractivity contribution < 1.29 is 19.4 Å². The minimum Gasteiger partial charge on any atom is -0.507 e. The molecule has 2 N–H and O–H groups in total. The zero-order chi connectivity index (χ0) is 19.6. The number of amides is 2. The molecule has 6 nitrogen and oxygen atoms in total. The smallest absolute Gasteiger partial charge is 0.285 e. The van der Waals surface area contributed by atoms with Gasteiger partial charge in [0.1, 0.15) is 11.5 Å². The van der Waals surface area contributed by atoms with E-state index in [9.17, 15) is 14.7 Å². The van der Waals surface area contributed by atoms with Crippen molar-refractivity contribution in [2.45, 2.75) is 0 Å². The fraction of sp³-hybridized carbons (Fsp3) is 0.0556. The minimum absolute atomic E-state index is 0.103. The average Bonchev–Trinajstić information content (AvgIpc) is 2.92. The van der Waals surface area contributed by atoms with E-state index in [1.807, 2.05) is 0 Å². The normalized spacial score (nSPS) is 15.3. The number of hydrogen-bond donors (Lipinski definition) is 2. The molecule has 2 aromatic carbocycles. The van der Waals surface area contributed by atoms with Crippen LogP contribution in [0.15, 0.2) is 51.8 Å². The number of phenolic OH excluding ortho intramolecular Hbond substituents is 1. The lowest BCUT2D eigenvalue weighted by atomic mass is 10.2. The second-order valence-corrected chi connectivity index (χ2v) is 7.93. The van der Waals surface area contributed by atoms with E-state index in [4.69, 9.17) is 17.0 Å². The summed E-state index contributed by atoms with van der Waals surface area (Å²) in [4.78, 5) is 25.3. The maximum Gasteiger partial charge on any atom is 0.285 e. The Bertz CT molecular complexity index is 960. The molecule has 2 amide bonds.